The Labute approximate surface area is 75.9 Å². The van der Waals surface area contributed by atoms with E-state index in [2.05, 4.69) is 42.6 Å². The van der Waals surface area contributed by atoms with Crippen LogP contribution in [0.3, 0.4) is 0 Å². The van der Waals surface area contributed by atoms with Crippen molar-refractivity contribution in [1.82, 2.24) is 14.7 Å². The van der Waals surface area contributed by atoms with Gasteiger partial charge in [-0.25, -0.2) is 0 Å². The minimum absolute atomic E-state index is 0.528. The highest BCUT2D eigenvalue weighted by molar-refractivity contribution is 4.76. The van der Waals surface area contributed by atoms with E-state index in [-0.39, 0.29) is 0 Å². The second-order valence-corrected chi connectivity index (χ2v) is 3.53. The summed E-state index contributed by atoms with van der Waals surface area (Å²) in [7, 11) is 4.40. The van der Waals surface area contributed by atoms with Crippen molar-refractivity contribution in [1.29, 1.82) is 0 Å². The van der Waals surface area contributed by atoms with Gasteiger partial charge in [-0.15, -0.1) is 0 Å². The molecule has 0 spiro atoms. The van der Waals surface area contributed by atoms with Crippen molar-refractivity contribution in [2.24, 2.45) is 0 Å². The van der Waals surface area contributed by atoms with Gasteiger partial charge < -0.3 is 0 Å². The zero-order chi connectivity index (χ0) is 9.14. The number of rotatable bonds is 3. The zero-order valence-electron chi connectivity index (χ0n) is 8.75. The van der Waals surface area contributed by atoms with E-state index < -0.39 is 0 Å². The molecule has 1 aliphatic rings. The van der Waals surface area contributed by atoms with Crippen molar-refractivity contribution >= 4 is 0 Å². The van der Waals surface area contributed by atoms with Gasteiger partial charge in [0.2, 0.25) is 0 Å². The molecule has 0 bridgehead atoms. The third-order valence-electron chi connectivity index (χ3n) is 2.73. The van der Waals surface area contributed by atoms with Crippen LogP contribution in [-0.2, 0) is 0 Å². The van der Waals surface area contributed by atoms with E-state index in [9.17, 15) is 0 Å². The highest BCUT2D eigenvalue weighted by atomic mass is 15.5. The average molecular weight is 171 g/mol. The minimum atomic E-state index is 0.528. The SMILES string of the molecule is CCN(CC)C1N(C)CCN1C. The predicted octanol–water partition coefficient (Wildman–Crippen LogP) is 0.489. The Morgan fingerprint density at radius 3 is 1.83 bits per heavy atom. The molecule has 1 saturated heterocycles. The predicted molar refractivity (Wildman–Crippen MR) is 52.0 cm³/mol. The van der Waals surface area contributed by atoms with Gasteiger partial charge in [-0.2, -0.15) is 0 Å². The van der Waals surface area contributed by atoms with E-state index in [1.807, 2.05) is 0 Å². The van der Waals surface area contributed by atoms with E-state index >= 15 is 0 Å². The van der Waals surface area contributed by atoms with Crippen LogP contribution in [0.5, 0.6) is 0 Å². The first kappa shape index (κ1) is 9.96. The molecule has 0 aromatic carbocycles. The second kappa shape index (κ2) is 4.21. The van der Waals surface area contributed by atoms with Gasteiger partial charge in [0.25, 0.3) is 0 Å². The van der Waals surface area contributed by atoms with Gasteiger partial charge in [0, 0.05) is 13.1 Å². The maximum atomic E-state index is 2.48. The van der Waals surface area contributed by atoms with Crippen molar-refractivity contribution in [2.45, 2.75) is 20.1 Å². The van der Waals surface area contributed by atoms with Crippen molar-refractivity contribution in [3.8, 4) is 0 Å². The molecular weight excluding hydrogens is 150 g/mol. The molecule has 1 fully saturated rings. The lowest BCUT2D eigenvalue weighted by Gasteiger charge is -2.35. The van der Waals surface area contributed by atoms with Crippen LogP contribution in [0, 0.1) is 0 Å². The first-order chi connectivity index (χ1) is 5.70. The molecule has 1 rings (SSSR count). The zero-order valence-corrected chi connectivity index (χ0v) is 8.75. The van der Waals surface area contributed by atoms with E-state index in [1.165, 1.54) is 13.1 Å². The van der Waals surface area contributed by atoms with Crippen molar-refractivity contribution in [2.75, 3.05) is 40.3 Å². The Hall–Kier alpha value is -0.120. The molecule has 0 saturated carbocycles. The highest BCUT2D eigenvalue weighted by Gasteiger charge is 2.29. The maximum absolute atomic E-state index is 2.48. The second-order valence-electron chi connectivity index (χ2n) is 3.53. The maximum Gasteiger partial charge on any atom is 0.119 e. The van der Waals surface area contributed by atoms with Crippen LogP contribution in [0.15, 0.2) is 0 Å². The largest absolute Gasteiger partial charge is 0.277 e. The first-order valence-corrected chi connectivity index (χ1v) is 4.85. The lowest BCUT2D eigenvalue weighted by molar-refractivity contribution is 0.0171. The van der Waals surface area contributed by atoms with Gasteiger partial charge in [0.1, 0.15) is 6.29 Å². The monoisotopic (exact) mass is 171 g/mol. The Kier molecular flexibility index (Phi) is 3.50. The van der Waals surface area contributed by atoms with Crippen LogP contribution >= 0.6 is 0 Å². The lowest BCUT2D eigenvalue weighted by Crippen LogP contribution is -2.49. The molecule has 0 amide bonds. The highest BCUT2D eigenvalue weighted by Crippen LogP contribution is 2.13. The first-order valence-electron chi connectivity index (χ1n) is 4.85. The lowest BCUT2D eigenvalue weighted by atomic mass is 10.5. The summed E-state index contributed by atoms with van der Waals surface area (Å²) in [5.41, 5.74) is 0. The molecule has 1 heterocycles. The molecule has 0 atom stereocenters. The molecule has 0 unspecified atom stereocenters. The third-order valence-corrected chi connectivity index (χ3v) is 2.73. The smallest absolute Gasteiger partial charge is 0.119 e. The fraction of sp³-hybridized carbons (Fsp3) is 1.00. The van der Waals surface area contributed by atoms with E-state index in [1.54, 1.807) is 0 Å². The van der Waals surface area contributed by atoms with Crippen LogP contribution in [0.4, 0.5) is 0 Å². The van der Waals surface area contributed by atoms with Crippen molar-refractivity contribution < 1.29 is 0 Å². The van der Waals surface area contributed by atoms with Crippen LogP contribution in [-0.4, -0.2) is 61.3 Å². The standard InChI is InChI=1S/C9H21N3/c1-5-12(6-2)9-10(3)7-8-11(9)4/h9H,5-8H2,1-4H3. The summed E-state index contributed by atoms with van der Waals surface area (Å²) >= 11 is 0. The molecule has 3 nitrogen and oxygen atoms in total. The van der Waals surface area contributed by atoms with E-state index in [4.69, 9.17) is 0 Å². The molecule has 1 aliphatic heterocycles. The summed E-state index contributed by atoms with van der Waals surface area (Å²) in [5.74, 6) is 0. The van der Waals surface area contributed by atoms with Crippen molar-refractivity contribution in [3.05, 3.63) is 0 Å². The van der Waals surface area contributed by atoms with Gasteiger partial charge >= 0.3 is 0 Å². The Morgan fingerprint density at radius 2 is 1.50 bits per heavy atom. The Balaban J connectivity index is 2.57. The summed E-state index contributed by atoms with van der Waals surface area (Å²) in [6.45, 7) is 9.11. The van der Waals surface area contributed by atoms with Crippen LogP contribution in [0.2, 0.25) is 0 Å². The number of nitrogens with zero attached hydrogens (tertiary/aromatic N) is 3. The average Bonchev–Trinajstić information content (AvgIpc) is 2.38. The number of hydrogen-bond acceptors (Lipinski definition) is 3. The minimum Gasteiger partial charge on any atom is -0.277 e. The van der Waals surface area contributed by atoms with Crippen LogP contribution in [0.1, 0.15) is 13.8 Å². The van der Waals surface area contributed by atoms with Gasteiger partial charge in [0.05, 0.1) is 0 Å². The molecule has 0 radical (unpaired) electrons. The molecule has 0 N–H and O–H groups in total. The van der Waals surface area contributed by atoms with Crippen LogP contribution < -0.4 is 0 Å². The fourth-order valence-electron chi connectivity index (χ4n) is 1.99. The summed E-state index contributed by atoms with van der Waals surface area (Å²) in [5, 5.41) is 0. The summed E-state index contributed by atoms with van der Waals surface area (Å²) in [6, 6.07) is 0. The molecule has 72 valence electrons. The van der Waals surface area contributed by atoms with Gasteiger partial charge in [0.15, 0.2) is 0 Å². The number of hydrogen-bond donors (Lipinski definition) is 0. The topological polar surface area (TPSA) is 9.72 Å². The Bertz CT molecular complexity index is 124. The summed E-state index contributed by atoms with van der Waals surface area (Å²) < 4.78 is 0. The summed E-state index contributed by atoms with van der Waals surface area (Å²) in [6.07, 6.45) is 0.528. The molecule has 0 aromatic rings. The van der Waals surface area contributed by atoms with Gasteiger partial charge in [-0.05, 0) is 27.2 Å². The normalized spacial score (nSPS) is 22.8. The quantitative estimate of drug-likeness (QED) is 0.612. The van der Waals surface area contributed by atoms with Crippen molar-refractivity contribution in [3.63, 3.8) is 0 Å². The Morgan fingerprint density at radius 1 is 1.08 bits per heavy atom. The van der Waals surface area contributed by atoms with Gasteiger partial charge in [-0.1, -0.05) is 13.8 Å². The summed E-state index contributed by atoms with van der Waals surface area (Å²) in [4.78, 5) is 7.30. The fourth-order valence-corrected chi connectivity index (χ4v) is 1.99. The molecule has 0 aliphatic carbocycles. The number of likely N-dealkylation sites (N-methyl/N-ethyl adjacent to an activating group) is 2. The molecule has 12 heavy (non-hydrogen) atoms. The molecule has 0 aromatic heterocycles. The van der Waals surface area contributed by atoms with E-state index in [0.717, 1.165) is 13.1 Å². The van der Waals surface area contributed by atoms with Crippen LogP contribution in [0.25, 0.3) is 0 Å². The van der Waals surface area contributed by atoms with E-state index in [0.29, 0.717) is 6.29 Å². The third kappa shape index (κ3) is 1.79. The van der Waals surface area contributed by atoms with Gasteiger partial charge in [-0.3, -0.25) is 14.7 Å². The molecule has 3 heteroatoms. The molecular formula is C9H21N3.